The van der Waals surface area contributed by atoms with Gasteiger partial charge in [-0.1, -0.05) is 0 Å². The molecule has 19 heavy (non-hydrogen) atoms. The fourth-order valence-corrected chi connectivity index (χ4v) is 1.54. The Bertz CT molecular complexity index is 436. The summed E-state index contributed by atoms with van der Waals surface area (Å²) in [6.45, 7) is 0.231. The number of carbonyl (C=O) groups is 1. The summed E-state index contributed by atoms with van der Waals surface area (Å²) in [6, 6.07) is 3.11. The van der Waals surface area contributed by atoms with Gasteiger partial charge in [-0.3, -0.25) is 5.84 Å². The molecule has 0 aliphatic heterocycles. The lowest BCUT2D eigenvalue weighted by Crippen LogP contribution is -2.33. The summed E-state index contributed by atoms with van der Waals surface area (Å²) in [4.78, 5) is 12.6. The summed E-state index contributed by atoms with van der Waals surface area (Å²) in [5, 5.41) is 2.84. The van der Waals surface area contributed by atoms with Crippen LogP contribution in [0.1, 0.15) is 0 Å². The number of carbonyl (C=O) groups excluding carboxylic acids is 1. The van der Waals surface area contributed by atoms with Crippen LogP contribution in [-0.4, -0.2) is 40.1 Å². The minimum absolute atomic E-state index is 0.231. The molecule has 0 aliphatic rings. The van der Waals surface area contributed by atoms with E-state index in [0.717, 1.165) is 12.0 Å². The first-order chi connectivity index (χ1) is 9.03. The van der Waals surface area contributed by atoms with Gasteiger partial charge in [0.05, 0.1) is 23.1 Å². The van der Waals surface area contributed by atoms with E-state index in [1.165, 1.54) is 0 Å². The van der Waals surface area contributed by atoms with Crippen LogP contribution in [0, 0.1) is 0 Å². The number of nitrogens with two attached hydrogens (primary N) is 2. The molecule has 0 saturated carbocycles. The maximum absolute atomic E-state index is 10.7. The molecule has 0 aromatic heterocycles. The Morgan fingerprint density at radius 1 is 1.47 bits per heavy atom. The normalized spacial score (nSPS) is 11.8. The van der Waals surface area contributed by atoms with Crippen LogP contribution in [0.15, 0.2) is 12.1 Å². The van der Waals surface area contributed by atoms with Crippen LogP contribution >= 0.6 is 0 Å². The zero-order valence-electron chi connectivity index (χ0n) is 11.4. The third kappa shape index (κ3) is 3.73. The molecule has 0 aliphatic carbocycles. The maximum Gasteiger partial charge on any atom is 0.144 e. The Balaban J connectivity index is 2.99. The zero-order chi connectivity index (χ0) is 14.4. The van der Waals surface area contributed by atoms with Gasteiger partial charge in [-0.05, 0) is 13.1 Å². The molecule has 1 atom stereocenters. The second-order valence-corrected chi connectivity index (χ2v) is 4.29. The first-order valence-corrected chi connectivity index (χ1v) is 5.86. The molecule has 1 unspecified atom stereocenters. The van der Waals surface area contributed by atoms with Crippen molar-refractivity contribution in [3.63, 3.8) is 0 Å². The number of hydrogen-bond donors (Lipinski definition) is 4. The lowest BCUT2D eigenvalue weighted by atomic mass is 10.2. The van der Waals surface area contributed by atoms with Crippen molar-refractivity contribution in [3.8, 4) is 5.75 Å². The Kier molecular flexibility index (Phi) is 5.40. The highest BCUT2D eigenvalue weighted by molar-refractivity contribution is 5.76. The molecular formula is C12H21N5O2. The monoisotopic (exact) mass is 267 g/mol. The number of nitrogens with one attached hydrogen (secondary N) is 2. The van der Waals surface area contributed by atoms with Crippen molar-refractivity contribution >= 4 is 23.3 Å². The highest BCUT2D eigenvalue weighted by Gasteiger charge is 2.12. The number of likely N-dealkylation sites (N-methyl/N-ethyl adjacent to an activating group) is 1. The van der Waals surface area contributed by atoms with Gasteiger partial charge in [-0.2, -0.15) is 0 Å². The minimum atomic E-state index is -0.359. The van der Waals surface area contributed by atoms with Crippen LogP contribution in [0.25, 0.3) is 0 Å². The van der Waals surface area contributed by atoms with Crippen LogP contribution in [0.5, 0.6) is 5.75 Å². The van der Waals surface area contributed by atoms with Gasteiger partial charge in [-0.15, -0.1) is 0 Å². The van der Waals surface area contributed by atoms with Gasteiger partial charge in [-0.25, -0.2) is 0 Å². The molecule has 106 valence electrons. The second-order valence-electron chi connectivity index (χ2n) is 4.29. The predicted octanol–water partition coefficient (Wildman–Crippen LogP) is -0.214. The first kappa shape index (κ1) is 15.1. The molecule has 7 nitrogen and oxygen atoms in total. The molecule has 1 rings (SSSR count). The van der Waals surface area contributed by atoms with Crippen LogP contribution in [0.2, 0.25) is 0 Å². The first-order valence-electron chi connectivity index (χ1n) is 5.86. The molecule has 0 amide bonds. The summed E-state index contributed by atoms with van der Waals surface area (Å²) < 4.78 is 5.65. The maximum atomic E-state index is 10.7. The summed E-state index contributed by atoms with van der Waals surface area (Å²) in [7, 11) is 5.46. The van der Waals surface area contributed by atoms with Crippen molar-refractivity contribution in [3.05, 3.63) is 12.1 Å². The minimum Gasteiger partial charge on any atom is -0.489 e. The van der Waals surface area contributed by atoms with E-state index in [0.29, 0.717) is 17.1 Å². The van der Waals surface area contributed by atoms with E-state index in [2.05, 4.69) is 10.7 Å². The SMILES string of the molecule is CNC(C=O)COc1cc(NN)c(N)cc1N(C)C. The molecular weight excluding hydrogens is 246 g/mol. The zero-order valence-corrected chi connectivity index (χ0v) is 11.4. The molecule has 1 aromatic rings. The van der Waals surface area contributed by atoms with E-state index < -0.39 is 0 Å². The summed E-state index contributed by atoms with van der Waals surface area (Å²) in [5.41, 5.74) is 10.3. The standard InChI is InChI=1S/C12H21N5O2/c1-15-8(6-18)7-19-12-5-10(16-14)9(13)4-11(12)17(2)3/h4-6,8,15-16H,7,13-14H2,1-3H3. The average Bonchev–Trinajstić information content (AvgIpc) is 2.40. The van der Waals surface area contributed by atoms with Crippen molar-refractivity contribution in [2.45, 2.75) is 6.04 Å². The third-order valence-corrected chi connectivity index (χ3v) is 2.72. The van der Waals surface area contributed by atoms with Gasteiger partial charge < -0.3 is 30.9 Å². The predicted molar refractivity (Wildman–Crippen MR) is 77.4 cm³/mol. The number of ether oxygens (including phenoxy) is 1. The second kappa shape index (κ2) is 6.81. The van der Waals surface area contributed by atoms with Gasteiger partial charge in [0.25, 0.3) is 0 Å². The Hall–Kier alpha value is -1.99. The fraction of sp³-hybridized carbons (Fsp3) is 0.417. The van der Waals surface area contributed by atoms with E-state index in [1.807, 2.05) is 19.0 Å². The van der Waals surface area contributed by atoms with E-state index in [4.69, 9.17) is 16.3 Å². The topological polar surface area (TPSA) is 106 Å². The largest absolute Gasteiger partial charge is 0.489 e. The molecule has 0 spiro atoms. The Morgan fingerprint density at radius 3 is 2.63 bits per heavy atom. The molecule has 0 heterocycles. The smallest absolute Gasteiger partial charge is 0.144 e. The number of benzene rings is 1. The number of nitrogen functional groups attached to an aromatic ring is 2. The van der Waals surface area contributed by atoms with Crippen LogP contribution in [0.4, 0.5) is 17.1 Å². The highest BCUT2D eigenvalue weighted by Crippen LogP contribution is 2.34. The average molecular weight is 267 g/mol. The quantitative estimate of drug-likeness (QED) is 0.234. The number of aldehydes is 1. The molecule has 0 saturated heterocycles. The molecule has 7 heteroatoms. The van der Waals surface area contributed by atoms with Crippen molar-refractivity contribution < 1.29 is 9.53 Å². The molecule has 0 radical (unpaired) electrons. The highest BCUT2D eigenvalue weighted by atomic mass is 16.5. The van der Waals surface area contributed by atoms with Gasteiger partial charge in [0.15, 0.2) is 0 Å². The van der Waals surface area contributed by atoms with Crippen molar-refractivity contribution in [2.75, 3.05) is 43.8 Å². The molecule has 0 fully saturated rings. The van der Waals surface area contributed by atoms with Gasteiger partial charge >= 0.3 is 0 Å². The van der Waals surface area contributed by atoms with E-state index in [9.17, 15) is 4.79 Å². The number of rotatable bonds is 7. The van der Waals surface area contributed by atoms with Crippen LogP contribution < -0.4 is 32.0 Å². The van der Waals surface area contributed by atoms with Crippen molar-refractivity contribution in [1.82, 2.24) is 5.32 Å². The van der Waals surface area contributed by atoms with E-state index >= 15 is 0 Å². The number of nitrogens with zero attached hydrogens (tertiary/aromatic N) is 1. The Morgan fingerprint density at radius 2 is 2.16 bits per heavy atom. The molecule has 6 N–H and O–H groups in total. The number of hydrogen-bond acceptors (Lipinski definition) is 7. The van der Waals surface area contributed by atoms with Gasteiger partial charge in [0, 0.05) is 20.2 Å². The summed E-state index contributed by atoms with van der Waals surface area (Å²) in [5.74, 6) is 5.99. The van der Waals surface area contributed by atoms with E-state index in [-0.39, 0.29) is 12.6 Å². The number of anilines is 3. The lowest BCUT2D eigenvalue weighted by Gasteiger charge is -2.21. The van der Waals surface area contributed by atoms with E-state index in [1.54, 1.807) is 19.2 Å². The van der Waals surface area contributed by atoms with Crippen LogP contribution in [-0.2, 0) is 4.79 Å². The summed E-state index contributed by atoms with van der Waals surface area (Å²) >= 11 is 0. The van der Waals surface area contributed by atoms with Gasteiger partial charge in [0.1, 0.15) is 18.6 Å². The Labute approximate surface area is 112 Å². The van der Waals surface area contributed by atoms with Crippen molar-refractivity contribution in [2.24, 2.45) is 5.84 Å². The molecule has 1 aromatic carbocycles. The number of hydrazine groups is 1. The summed E-state index contributed by atoms with van der Waals surface area (Å²) in [6.07, 6.45) is 0.800. The van der Waals surface area contributed by atoms with Crippen LogP contribution in [0.3, 0.4) is 0 Å². The third-order valence-electron chi connectivity index (χ3n) is 2.72. The fourth-order valence-electron chi connectivity index (χ4n) is 1.54. The lowest BCUT2D eigenvalue weighted by molar-refractivity contribution is -0.110. The van der Waals surface area contributed by atoms with Crippen molar-refractivity contribution in [1.29, 1.82) is 0 Å². The molecule has 0 bridgehead atoms. The van der Waals surface area contributed by atoms with Gasteiger partial charge in [0.2, 0.25) is 0 Å².